The summed E-state index contributed by atoms with van der Waals surface area (Å²) >= 11 is 1.28. The highest BCUT2D eigenvalue weighted by Gasteiger charge is 2.08. The number of thiophene rings is 1. The van der Waals surface area contributed by atoms with E-state index in [0.717, 1.165) is 10.1 Å². The van der Waals surface area contributed by atoms with E-state index in [1.807, 2.05) is 30.3 Å². The lowest BCUT2D eigenvalue weighted by atomic mass is 10.2. The molecule has 2 aromatic heterocycles. The third-order valence-electron chi connectivity index (χ3n) is 3.45. The predicted molar refractivity (Wildman–Crippen MR) is 95.2 cm³/mol. The molecule has 0 radical (unpaired) electrons. The van der Waals surface area contributed by atoms with Crippen molar-refractivity contribution in [2.75, 3.05) is 6.54 Å². The van der Waals surface area contributed by atoms with E-state index in [1.165, 1.54) is 17.4 Å². The molecule has 2 N–H and O–H groups in total. The zero-order chi connectivity index (χ0) is 16.9. The highest BCUT2D eigenvalue weighted by molar-refractivity contribution is 7.17. The molecule has 1 aromatic carbocycles. The number of amides is 1. The van der Waals surface area contributed by atoms with Crippen LogP contribution in [0.15, 0.2) is 57.4 Å². The van der Waals surface area contributed by atoms with E-state index in [1.54, 1.807) is 17.5 Å². The smallest absolute Gasteiger partial charge is 0.328 e. The first-order valence-electron chi connectivity index (χ1n) is 7.36. The van der Waals surface area contributed by atoms with Crippen molar-refractivity contribution in [1.82, 2.24) is 14.9 Å². The van der Waals surface area contributed by atoms with Crippen molar-refractivity contribution in [3.8, 4) is 0 Å². The van der Waals surface area contributed by atoms with E-state index in [-0.39, 0.29) is 24.6 Å². The molecule has 0 spiro atoms. The Morgan fingerprint density at radius 1 is 1.21 bits per heavy atom. The molecule has 6 nitrogen and oxygen atoms in total. The highest BCUT2D eigenvalue weighted by Crippen LogP contribution is 2.11. The molecule has 122 valence electrons. The monoisotopic (exact) mass is 341 g/mol. The van der Waals surface area contributed by atoms with E-state index < -0.39 is 5.69 Å². The summed E-state index contributed by atoms with van der Waals surface area (Å²) in [6.07, 6.45) is 3.12. The zero-order valence-corrected chi connectivity index (χ0v) is 13.5. The van der Waals surface area contributed by atoms with Crippen molar-refractivity contribution in [2.24, 2.45) is 0 Å². The van der Waals surface area contributed by atoms with Gasteiger partial charge in [-0.3, -0.25) is 14.2 Å². The minimum Gasteiger partial charge on any atom is -0.351 e. The molecule has 0 aliphatic heterocycles. The molecular formula is C17H15N3O3S. The van der Waals surface area contributed by atoms with E-state index in [4.69, 9.17) is 0 Å². The van der Waals surface area contributed by atoms with Gasteiger partial charge in [0.1, 0.15) is 4.70 Å². The number of aromatic amines is 1. The Kier molecular flexibility index (Phi) is 4.72. The van der Waals surface area contributed by atoms with Crippen LogP contribution in [-0.2, 0) is 11.3 Å². The minimum absolute atomic E-state index is 0.118. The molecule has 1 amide bonds. The molecule has 24 heavy (non-hydrogen) atoms. The van der Waals surface area contributed by atoms with Crippen molar-refractivity contribution in [3.63, 3.8) is 0 Å². The maximum atomic E-state index is 12.2. The van der Waals surface area contributed by atoms with Crippen LogP contribution in [0, 0.1) is 0 Å². The molecule has 2 heterocycles. The first kappa shape index (κ1) is 15.9. The van der Waals surface area contributed by atoms with Crippen LogP contribution in [0.25, 0.3) is 16.3 Å². The molecule has 7 heteroatoms. The van der Waals surface area contributed by atoms with Crippen LogP contribution in [0.5, 0.6) is 0 Å². The number of nitrogens with one attached hydrogen (secondary N) is 2. The van der Waals surface area contributed by atoms with Crippen LogP contribution in [0.2, 0.25) is 0 Å². The molecule has 0 fully saturated rings. The van der Waals surface area contributed by atoms with E-state index >= 15 is 0 Å². The Bertz CT molecular complexity index is 999. The Hall–Kier alpha value is -2.93. The van der Waals surface area contributed by atoms with Gasteiger partial charge in [-0.2, -0.15) is 0 Å². The third-order valence-corrected chi connectivity index (χ3v) is 4.36. The molecule has 3 rings (SSSR count). The van der Waals surface area contributed by atoms with Gasteiger partial charge in [-0.25, -0.2) is 4.79 Å². The Morgan fingerprint density at radius 3 is 2.79 bits per heavy atom. The minimum atomic E-state index is -0.472. The molecule has 0 unspecified atom stereocenters. The van der Waals surface area contributed by atoms with Crippen LogP contribution in [0.1, 0.15) is 5.56 Å². The van der Waals surface area contributed by atoms with E-state index in [9.17, 15) is 14.4 Å². The summed E-state index contributed by atoms with van der Waals surface area (Å²) in [6.45, 7) is 0.310. The lowest BCUT2D eigenvalue weighted by molar-refractivity contribution is -0.116. The summed E-state index contributed by atoms with van der Waals surface area (Å²) in [6, 6.07) is 11.1. The summed E-state index contributed by atoms with van der Waals surface area (Å²) < 4.78 is 1.60. The second kappa shape index (κ2) is 7.10. The number of rotatable bonds is 5. The average Bonchev–Trinajstić information content (AvgIpc) is 3.05. The molecular weight excluding hydrogens is 326 g/mol. The molecule has 0 saturated heterocycles. The van der Waals surface area contributed by atoms with Gasteiger partial charge < -0.3 is 10.3 Å². The van der Waals surface area contributed by atoms with E-state index in [0.29, 0.717) is 10.2 Å². The van der Waals surface area contributed by atoms with Gasteiger partial charge in [-0.05, 0) is 23.1 Å². The summed E-state index contributed by atoms with van der Waals surface area (Å²) in [5, 5.41) is 4.42. The number of hydrogen-bond donors (Lipinski definition) is 2. The molecule has 0 aliphatic carbocycles. The van der Waals surface area contributed by atoms with Gasteiger partial charge in [0.05, 0.1) is 5.52 Å². The first-order chi connectivity index (χ1) is 11.6. The van der Waals surface area contributed by atoms with Gasteiger partial charge in [-0.15, -0.1) is 11.3 Å². The fraction of sp³-hybridized carbons (Fsp3) is 0.118. The van der Waals surface area contributed by atoms with Gasteiger partial charge in [0.25, 0.3) is 5.56 Å². The van der Waals surface area contributed by atoms with Crippen LogP contribution < -0.4 is 16.6 Å². The Balaban J connectivity index is 1.62. The largest absolute Gasteiger partial charge is 0.351 e. The number of nitrogens with zero attached hydrogens (tertiary/aromatic N) is 1. The van der Waals surface area contributed by atoms with Gasteiger partial charge in [0, 0.05) is 19.2 Å². The summed E-state index contributed by atoms with van der Waals surface area (Å²) in [4.78, 5) is 38.6. The molecule has 0 atom stereocenters. The maximum absolute atomic E-state index is 12.2. The highest BCUT2D eigenvalue weighted by atomic mass is 32.1. The molecule has 0 bridgehead atoms. The average molecular weight is 341 g/mol. The van der Waals surface area contributed by atoms with Gasteiger partial charge in [0.15, 0.2) is 0 Å². The SMILES string of the molecule is O=C(/C=C/c1ccccc1)NCCn1c(=O)[nH]c2ccsc2c1=O. The van der Waals surface area contributed by atoms with Crippen LogP contribution in [-0.4, -0.2) is 22.0 Å². The van der Waals surface area contributed by atoms with Crippen molar-refractivity contribution in [3.05, 3.63) is 74.3 Å². The lowest BCUT2D eigenvalue weighted by Crippen LogP contribution is -2.38. The van der Waals surface area contributed by atoms with E-state index in [2.05, 4.69) is 10.3 Å². The number of fused-ring (bicyclic) bond motifs is 1. The number of carbonyl (C=O) groups excluding carboxylic acids is 1. The topological polar surface area (TPSA) is 84.0 Å². The summed E-state index contributed by atoms with van der Waals surface area (Å²) in [5.41, 5.74) is 0.655. The summed E-state index contributed by atoms with van der Waals surface area (Å²) in [5.74, 6) is -0.277. The summed E-state index contributed by atoms with van der Waals surface area (Å²) in [7, 11) is 0. The van der Waals surface area contributed by atoms with Crippen molar-refractivity contribution >= 4 is 33.5 Å². The van der Waals surface area contributed by atoms with Crippen LogP contribution in [0.4, 0.5) is 0 Å². The first-order valence-corrected chi connectivity index (χ1v) is 8.24. The normalized spacial score (nSPS) is 11.2. The predicted octanol–water partition coefficient (Wildman–Crippen LogP) is 1.58. The second-order valence-corrected chi connectivity index (χ2v) is 6.00. The number of carbonyl (C=O) groups is 1. The van der Waals surface area contributed by atoms with Gasteiger partial charge in [0.2, 0.25) is 5.91 Å². The number of aromatic nitrogens is 2. The number of hydrogen-bond acceptors (Lipinski definition) is 4. The Labute approximate surface area is 141 Å². The second-order valence-electron chi connectivity index (χ2n) is 5.09. The fourth-order valence-electron chi connectivity index (χ4n) is 2.26. The van der Waals surface area contributed by atoms with Gasteiger partial charge >= 0.3 is 5.69 Å². The van der Waals surface area contributed by atoms with Gasteiger partial charge in [-0.1, -0.05) is 30.3 Å². The van der Waals surface area contributed by atoms with Crippen LogP contribution in [0.3, 0.4) is 0 Å². The maximum Gasteiger partial charge on any atom is 0.328 e. The Morgan fingerprint density at radius 2 is 2.00 bits per heavy atom. The van der Waals surface area contributed by atoms with Crippen molar-refractivity contribution in [1.29, 1.82) is 0 Å². The number of H-pyrrole nitrogens is 1. The molecule has 0 aliphatic rings. The standard InChI is InChI=1S/C17H15N3O3S/c21-14(7-6-12-4-2-1-3-5-12)18-9-10-20-16(22)15-13(8-11-24-15)19-17(20)23/h1-8,11H,9-10H2,(H,18,21)(H,19,23)/b7-6+. The lowest BCUT2D eigenvalue weighted by Gasteiger charge is -2.05. The van der Waals surface area contributed by atoms with Crippen molar-refractivity contribution in [2.45, 2.75) is 6.54 Å². The fourth-order valence-corrected chi connectivity index (χ4v) is 3.06. The van der Waals surface area contributed by atoms with Crippen molar-refractivity contribution < 1.29 is 4.79 Å². The van der Waals surface area contributed by atoms with Crippen LogP contribution >= 0.6 is 11.3 Å². The third kappa shape index (κ3) is 3.52. The molecule has 3 aromatic rings. The molecule has 0 saturated carbocycles. The zero-order valence-electron chi connectivity index (χ0n) is 12.7. The number of benzene rings is 1. The quantitative estimate of drug-likeness (QED) is 0.691.